The van der Waals surface area contributed by atoms with Gasteiger partial charge in [0.25, 0.3) is 0 Å². The van der Waals surface area contributed by atoms with Crippen molar-refractivity contribution in [2.75, 3.05) is 33.3 Å². The fraction of sp³-hybridized carbons (Fsp3) is 0.538. The quantitative estimate of drug-likeness (QED) is 0.827. The Labute approximate surface area is 102 Å². The Hall–Kier alpha value is -1.26. The van der Waals surface area contributed by atoms with Gasteiger partial charge in [0.05, 0.1) is 7.11 Å². The molecule has 0 aromatic heterocycles. The first kappa shape index (κ1) is 12.2. The third kappa shape index (κ3) is 3.11. The summed E-state index contributed by atoms with van der Waals surface area (Å²) >= 11 is 0. The molecule has 2 N–H and O–H groups in total. The van der Waals surface area contributed by atoms with Crippen LogP contribution in [0.15, 0.2) is 18.2 Å². The lowest BCUT2D eigenvalue weighted by molar-refractivity contribution is 0.277. The molecule has 4 nitrogen and oxygen atoms in total. The van der Waals surface area contributed by atoms with E-state index in [0.29, 0.717) is 5.75 Å². The van der Waals surface area contributed by atoms with E-state index in [4.69, 9.17) is 4.74 Å². The lowest BCUT2D eigenvalue weighted by Crippen LogP contribution is -2.27. The number of aromatic hydroxyl groups is 1. The summed E-state index contributed by atoms with van der Waals surface area (Å²) in [4.78, 5) is 2.36. The molecule has 0 radical (unpaired) electrons. The van der Waals surface area contributed by atoms with Gasteiger partial charge in [-0.25, -0.2) is 0 Å². The van der Waals surface area contributed by atoms with Gasteiger partial charge in [-0.15, -0.1) is 0 Å². The summed E-state index contributed by atoms with van der Waals surface area (Å²) in [7, 11) is 1.58. The predicted molar refractivity (Wildman–Crippen MR) is 67.4 cm³/mol. The maximum Gasteiger partial charge on any atom is 0.162 e. The minimum atomic E-state index is 0.271. The zero-order chi connectivity index (χ0) is 12.1. The summed E-state index contributed by atoms with van der Waals surface area (Å²) in [5, 5.41) is 13.4. The molecular formula is C13H20N2O2. The number of phenolic OH excluding ortho intramolecular Hbond substituents is 1. The van der Waals surface area contributed by atoms with Gasteiger partial charge in [-0.3, -0.25) is 4.90 Å². The molecular weight excluding hydrogens is 216 g/mol. The summed E-state index contributed by atoms with van der Waals surface area (Å²) in [5.74, 6) is 0.822. The molecule has 1 aliphatic heterocycles. The number of hydrogen-bond acceptors (Lipinski definition) is 4. The number of benzene rings is 1. The normalized spacial score (nSPS) is 17.7. The van der Waals surface area contributed by atoms with E-state index in [1.54, 1.807) is 13.2 Å². The van der Waals surface area contributed by atoms with E-state index in [2.05, 4.69) is 10.2 Å². The first-order valence-corrected chi connectivity index (χ1v) is 6.09. The average molecular weight is 236 g/mol. The minimum absolute atomic E-state index is 0.271. The molecule has 1 fully saturated rings. The molecule has 17 heavy (non-hydrogen) atoms. The van der Waals surface area contributed by atoms with Gasteiger partial charge in [0.2, 0.25) is 0 Å². The number of rotatable bonds is 3. The van der Waals surface area contributed by atoms with E-state index in [-0.39, 0.29) is 5.75 Å². The SMILES string of the molecule is COc1cccc(CN2CCCNCC2)c1O. The Kier molecular flexibility index (Phi) is 4.23. The number of nitrogens with one attached hydrogen (secondary N) is 1. The highest BCUT2D eigenvalue weighted by atomic mass is 16.5. The van der Waals surface area contributed by atoms with Crippen LogP contribution >= 0.6 is 0 Å². The second-order valence-electron chi connectivity index (χ2n) is 4.35. The molecule has 0 bridgehead atoms. The van der Waals surface area contributed by atoms with Crippen molar-refractivity contribution in [2.24, 2.45) is 0 Å². The highest BCUT2D eigenvalue weighted by molar-refractivity contribution is 5.45. The van der Waals surface area contributed by atoms with Gasteiger partial charge >= 0.3 is 0 Å². The summed E-state index contributed by atoms with van der Waals surface area (Å²) in [5.41, 5.74) is 0.936. The van der Waals surface area contributed by atoms with Crippen LogP contribution < -0.4 is 10.1 Å². The van der Waals surface area contributed by atoms with E-state index in [1.165, 1.54) is 0 Å². The number of para-hydroxylation sites is 1. The van der Waals surface area contributed by atoms with Crippen LogP contribution in [0.3, 0.4) is 0 Å². The van der Waals surface area contributed by atoms with E-state index < -0.39 is 0 Å². The number of nitrogens with zero attached hydrogens (tertiary/aromatic N) is 1. The van der Waals surface area contributed by atoms with Crippen molar-refractivity contribution in [3.8, 4) is 11.5 Å². The van der Waals surface area contributed by atoms with Crippen LogP contribution in [0.2, 0.25) is 0 Å². The van der Waals surface area contributed by atoms with Gasteiger partial charge in [0.1, 0.15) is 0 Å². The molecule has 1 aromatic carbocycles. The first-order chi connectivity index (χ1) is 8.31. The van der Waals surface area contributed by atoms with Crippen LogP contribution in [0, 0.1) is 0 Å². The molecule has 1 saturated heterocycles. The van der Waals surface area contributed by atoms with Crippen LogP contribution in [-0.2, 0) is 6.54 Å². The van der Waals surface area contributed by atoms with E-state index >= 15 is 0 Å². The Morgan fingerprint density at radius 1 is 1.35 bits per heavy atom. The van der Waals surface area contributed by atoms with Gasteiger partial charge < -0.3 is 15.2 Å². The fourth-order valence-corrected chi connectivity index (χ4v) is 2.16. The van der Waals surface area contributed by atoms with Crippen molar-refractivity contribution < 1.29 is 9.84 Å². The Morgan fingerprint density at radius 3 is 3.06 bits per heavy atom. The molecule has 0 saturated carbocycles. The molecule has 1 aromatic rings. The van der Waals surface area contributed by atoms with Crippen molar-refractivity contribution in [2.45, 2.75) is 13.0 Å². The van der Waals surface area contributed by atoms with Crippen molar-refractivity contribution in [3.05, 3.63) is 23.8 Å². The van der Waals surface area contributed by atoms with Crippen molar-refractivity contribution >= 4 is 0 Å². The standard InChI is InChI=1S/C13H20N2O2/c1-17-12-5-2-4-11(13(12)16)10-15-8-3-6-14-7-9-15/h2,4-5,14,16H,3,6-10H2,1H3. The van der Waals surface area contributed by atoms with E-state index in [9.17, 15) is 5.11 Å². The summed E-state index contributed by atoms with van der Waals surface area (Å²) < 4.78 is 5.12. The third-order valence-corrected chi connectivity index (χ3v) is 3.13. The fourth-order valence-electron chi connectivity index (χ4n) is 2.16. The van der Waals surface area contributed by atoms with Gasteiger partial charge in [0.15, 0.2) is 11.5 Å². The molecule has 0 spiro atoms. The highest BCUT2D eigenvalue weighted by Crippen LogP contribution is 2.30. The lowest BCUT2D eigenvalue weighted by atomic mass is 10.1. The van der Waals surface area contributed by atoms with Gasteiger partial charge in [-0.05, 0) is 25.6 Å². The smallest absolute Gasteiger partial charge is 0.162 e. The van der Waals surface area contributed by atoms with Crippen molar-refractivity contribution in [1.29, 1.82) is 0 Å². The zero-order valence-corrected chi connectivity index (χ0v) is 10.3. The Morgan fingerprint density at radius 2 is 2.24 bits per heavy atom. The molecule has 0 atom stereocenters. The number of ether oxygens (including phenoxy) is 1. The van der Waals surface area contributed by atoms with E-state index in [0.717, 1.165) is 44.7 Å². The maximum absolute atomic E-state index is 10.0. The number of methoxy groups -OCH3 is 1. The van der Waals surface area contributed by atoms with Crippen LogP contribution in [0.25, 0.3) is 0 Å². The molecule has 2 rings (SSSR count). The van der Waals surface area contributed by atoms with E-state index in [1.807, 2.05) is 12.1 Å². The monoisotopic (exact) mass is 236 g/mol. The van der Waals surface area contributed by atoms with Crippen LogP contribution in [0.5, 0.6) is 11.5 Å². The second kappa shape index (κ2) is 5.89. The van der Waals surface area contributed by atoms with Gasteiger partial charge in [0, 0.05) is 25.2 Å². The summed E-state index contributed by atoms with van der Waals surface area (Å²) in [6, 6.07) is 5.66. The van der Waals surface area contributed by atoms with Crippen molar-refractivity contribution in [1.82, 2.24) is 10.2 Å². The second-order valence-corrected chi connectivity index (χ2v) is 4.35. The molecule has 4 heteroatoms. The topological polar surface area (TPSA) is 44.7 Å². The molecule has 0 aliphatic carbocycles. The molecule has 0 unspecified atom stereocenters. The van der Waals surface area contributed by atoms with Crippen LogP contribution in [0.4, 0.5) is 0 Å². The predicted octanol–water partition coefficient (Wildman–Crippen LogP) is 1.20. The zero-order valence-electron chi connectivity index (χ0n) is 10.3. The lowest BCUT2D eigenvalue weighted by Gasteiger charge is -2.20. The Bertz CT molecular complexity index is 360. The van der Waals surface area contributed by atoms with Crippen LogP contribution in [-0.4, -0.2) is 43.3 Å². The van der Waals surface area contributed by atoms with Gasteiger partial charge in [-0.2, -0.15) is 0 Å². The maximum atomic E-state index is 10.0. The van der Waals surface area contributed by atoms with Crippen molar-refractivity contribution in [3.63, 3.8) is 0 Å². The van der Waals surface area contributed by atoms with Gasteiger partial charge in [-0.1, -0.05) is 12.1 Å². The molecule has 94 valence electrons. The summed E-state index contributed by atoms with van der Waals surface area (Å²) in [6.45, 7) is 4.98. The highest BCUT2D eigenvalue weighted by Gasteiger charge is 2.13. The molecule has 1 aliphatic rings. The summed E-state index contributed by atoms with van der Waals surface area (Å²) in [6.07, 6.45) is 1.16. The largest absolute Gasteiger partial charge is 0.504 e. The minimum Gasteiger partial charge on any atom is -0.504 e. The number of phenols is 1. The Balaban J connectivity index is 2.06. The average Bonchev–Trinajstić information content (AvgIpc) is 2.60. The number of hydrogen-bond donors (Lipinski definition) is 2. The first-order valence-electron chi connectivity index (χ1n) is 6.09. The molecule has 0 amide bonds. The third-order valence-electron chi connectivity index (χ3n) is 3.13. The van der Waals surface area contributed by atoms with Crippen LogP contribution in [0.1, 0.15) is 12.0 Å². The molecule has 1 heterocycles.